The average Bonchev–Trinajstić information content (AvgIpc) is 2.96. The largest absolute Gasteiger partial charge is 0.455 e. The standard InChI is InChI=1S/C15H13F3N4O/c1-22(9-12-20-14(21-23-12)15(16,17)18)8-11-5-2-4-10-6-3-7-19-13(10)11/h2-7H,8-9H2,1H3. The molecule has 0 spiro atoms. The minimum Gasteiger partial charge on any atom is -0.338 e. The fourth-order valence-electron chi connectivity index (χ4n) is 2.31. The number of aromatic nitrogens is 3. The Kier molecular flexibility index (Phi) is 3.99. The van der Waals surface area contributed by atoms with E-state index in [2.05, 4.69) is 19.6 Å². The molecule has 3 rings (SSSR count). The SMILES string of the molecule is CN(Cc1nc(C(F)(F)F)no1)Cc1cccc2cccnc12. The Hall–Kier alpha value is -2.48. The fraction of sp³-hybridized carbons (Fsp3) is 0.267. The van der Waals surface area contributed by atoms with Gasteiger partial charge in [-0.05, 0) is 18.7 Å². The monoisotopic (exact) mass is 322 g/mol. The summed E-state index contributed by atoms with van der Waals surface area (Å²) in [6.07, 6.45) is -2.89. The summed E-state index contributed by atoms with van der Waals surface area (Å²) in [5, 5.41) is 3.96. The lowest BCUT2D eigenvalue weighted by Crippen LogP contribution is -2.18. The number of rotatable bonds is 4. The van der Waals surface area contributed by atoms with Gasteiger partial charge in [-0.3, -0.25) is 9.88 Å². The molecule has 0 bridgehead atoms. The molecular weight excluding hydrogens is 309 g/mol. The maximum Gasteiger partial charge on any atom is 0.455 e. The zero-order valence-corrected chi connectivity index (χ0v) is 12.2. The fourth-order valence-corrected chi connectivity index (χ4v) is 2.31. The van der Waals surface area contributed by atoms with Crippen molar-refractivity contribution in [3.63, 3.8) is 0 Å². The van der Waals surface area contributed by atoms with E-state index in [9.17, 15) is 13.2 Å². The molecule has 0 saturated heterocycles. The molecule has 0 aliphatic rings. The van der Waals surface area contributed by atoms with Crippen LogP contribution in [0.2, 0.25) is 0 Å². The molecule has 0 aliphatic carbocycles. The molecule has 0 unspecified atom stereocenters. The first-order valence-corrected chi connectivity index (χ1v) is 6.84. The summed E-state index contributed by atoms with van der Waals surface area (Å²) in [5.41, 5.74) is 1.84. The van der Waals surface area contributed by atoms with E-state index in [4.69, 9.17) is 0 Å². The summed E-state index contributed by atoms with van der Waals surface area (Å²) in [6.45, 7) is 0.615. The van der Waals surface area contributed by atoms with Crippen molar-refractivity contribution in [1.82, 2.24) is 20.0 Å². The summed E-state index contributed by atoms with van der Waals surface area (Å²) in [7, 11) is 1.76. The number of para-hydroxylation sites is 1. The molecule has 8 heteroatoms. The van der Waals surface area contributed by atoms with Crippen molar-refractivity contribution in [1.29, 1.82) is 0 Å². The molecule has 2 heterocycles. The van der Waals surface area contributed by atoms with Gasteiger partial charge in [-0.15, -0.1) is 0 Å². The number of nitrogens with zero attached hydrogens (tertiary/aromatic N) is 4. The van der Waals surface area contributed by atoms with Crippen molar-refractivity contribution < 1.29 is 17.7 Å². The van der Waals surface area contributed by atoms with Crippen LogP contribution in [0.25, 0.3) is 10.9 Å². The van der Waals surface area contributed by atoms with Crippen molar-refractivity contribution in [2.24, 2.45) is 0 Å². The number of alkyl halides is 3. The van der Waals surface area contributed by atoms with Crippen molar-refractivity contribution in [3.8, 4) is 0 Å². The zero-order valence-electron chi connectivity index (χ0n) is 12.2. The molecule has 3 aromatic rings. The molecule has 0 N–H and O–H groups in total. The zero-order chi connectivity index (χ0) is 16.4. The number of pyridine rings is 1. The van der Waals surface area contributed by atoms with E-state index in [1.54, 1.807) is 18.1 Å². The Morgan fingerprint density at radius 3 is 2.65 bits per heavy atom. The summed E-state index contributed by atoms with van der Waals surface area (Å²) in [5.74, 6) is -1.33. The average molecular weight is 322 g/mol. The summed E-state index contributed by atoms with van der Waals surface area (Å²) < 4.78 is 42.0. The van der Waals surface area contributed by atoms with Gasteiger partial charge in [-0.1, -0.05) is 29.4 Å². The van der Waals surface area contributed by atoms with Crippen LogP contribution in [0.5, 0.6) is 0 Å². The summed E-state index contributed by atoms with van der Waals surface area (Å²) in [4.78, 5) is 9.51. The van der Waals surface area contributed by atoms with Crippen LogP contribution in [0, 0.1) is 0 Å². The van der Waals surface area contributed by atoms with Crippen LogP contribution in [-0.2, 0) is 19.3 Å². The molecule has 0 fully saturated rings. The Morgan fingerprint density at radius 2 is 1.91 bits per heavy atom. The minimum atomic E-state index is -4.60. The first-order chi connectivity index (χ1) is 10.9. The molecule has 0 saturated carbocycles. The van der Waals surface area contributed by atoms with Gasteiger partial charge in [0.05, 0.1) is 12.1 Å². The van der Waals surface area contributed by atoms with Gasteiger partial charge < -0.3 is 4.52 Å². The van der Waals surface area contributed by atoms with Crippen molar-refractivity contribution >= 4 is 10.9 Å². The molecule has 23 heavy (non-hydrogen) atoms. The molecule has 0 atom stereocenters. The molecule has 2 aromatic heterocycles. The van der Waals surface area contributed by atoms with Gasteiger partial charge in [0, 0.05) is 18.1 Å². The van der Waals surface area contributed by atoms with E-state index in [1.165, 1.54) is 0 Å². The highest BCUT2D eigenvalue weighted by atomic mass is 19.4. The van der Waals surface area contributed by atoms with Crippen LogP contribution in [0.4, 0.5) is 13.2 Å². The Labute approximate surface area is 129 Å². The highest BCUT2D eigenvalue weighted by Gasteiger charge is 2.37. The van der Waals surface area contributed by atoms with Gasteiger partial charge in [0.1, 0.15) is 0 Å². The number of hydrogen-bond donors (Lipinski definition) is 0. The third kappa shape index (κ3) is 3.48. The van der Waals surface area contributed by atoms with Crippen LogP contribution in [0.15, 0.2) is 41.1 Å². The number of benzene rings is 1. The molecule has 0 amide bonds. The lowest BCUT2D eigenvalue weighted by Gasteiger charge is -2.15. The molecular formula is C15H13F3N4O. The summed E-state index contributed by atoms with van der Waals surface area (Å²) >= 11 is 0. The van der Waals surface area contributed by atoms with E-state index in [1.807, 2.05) is 30.3 Å². The van der Waals surface area contributed by atoms with Crippen molar-refractivity contribution in [3.05, 3.63) is 53.8 Å². The maximum atomic E-state index is 12.5. The Balaban J connectivity index is 1.74. The van der Waals surface area contributed by atoms with Crippen molar-refractivity contribution in [2.45, 2.75) is 19.3 Å². The third-order valence-electron chi connectivity index (χ3n) is 3.28. The number of hydrogen-bond acceptors (Lipinski definition) is 5. The van der Waals surface area contributed by atoms with E-state index in [0.717, 1.165) is 16.5 Å². The normalized spacial score (nSPS) is 12.2. The van der Waals surface area contributed by atoms with Gasteiger partial charge in [0.25, 0.3) is 5.82 Å². The smallest absolute Gasteiger partial charge is 0.338 e. The lowest BCUT2D eigenvalue weighted by atomic mass is 10.1. The molecule has 1 aromatic carbocycles. The van der Waals surface area contributed by atoms with Gasteiger partial charge in [-0.2, -0.15) is 18.2 Å². The highest BCUT2D eigenvalue weighted by Crippen LogP contribution is 2.26. The van der Waals surface area contributed by atoms with Gasteiger partial charge in [0.2, 0.25) is 5.89 Å². The van der Waals surface area contributed by atoms with Crippen LogP contribution >= 0.6 is 0 Å². The number of fused-ring (bicyclic) bond motifs is 1. The molecule has 0 aliphatic heterocycles. The second-order valence-electron chi connectivity index (χ2n) is 5.17. The topological polar surface area (TPSA) is 55.1 Å². The second kappa shape index (κ2) is 5.96. The van der Waals surface area contributed by atoms with Gasteiger partial charge in [0.15, 0.2) is 0 Å². The molecule has 0 radical (unpaired) electrons. The summed E-state index contributed by atoms with van der Waals surface area (Å²) in [6, 6.07) is 9.62. The van der Waals surface area contributed by atoms with E-state index < -0.39 is 12.0 Å². The predicted octanol–water partition coefficient (Wildman–Crippen LogP) is 3.27. The van der Waals surface area contributed by atoms with Crippen LogP contribution in [0.3, 0.4) is 0 Å². The van der Waals surface area contributed by atoms with Crippen LogP contribution in [-0.4, -0.2) is 27.1 Å². The van der Waals surface area contributed by atoms with E-state index in [0.29, 0.717) is 6.54 Å². The van der Waals surface area contributed by atoms with Crippen LogP contribution < -0.4 is 0 Å². The first kappa shape index (κ1) is 15.4. The number of halogens is 3. The lowest BCUT2D eigenvalue weighted by molar-refractivity contribution is -0.146. The first-order valence-electron chi connectivity index (χ1n) is 6.84. The van der Waals surface area contributed by atoms with Crippen molar-refractivity contribution in [2.75, 3.05) is 7.05 Å². The molecule has 5 nitrogen and oxygen atoms in total. The maximum absolute atomic E-state index is 12.5. The van der Waals surface area contributed by atoms with Gasteiger partial charge >= 0.3 is 6.18 Å². The second-order valence-corrected chi connectivity index (χ2v) is 5.17. The predicted molar refractivity (Wildman–Crippen MR) is 76.2 cm³/mol. The Morgan fingerprint density at radius 1 is 1.13 bits per heavy atom. The van der Waals surface area contributed by atoms with E-state index in [-0.39, 0.29) is 12.4 Å². The van der Waals surface area contributed by atoms with Gasteiger partial charge in [-0.25, -0.2) is 0 Å². The van der Waals surface area contributed by atoms with E-state index >= 15 is 0 Å². The quantitative estimate of drug-likeness (QED) is 0.738. The Bertz CT molecular complexity index is 810. The minimum absolute atomic E-state index is 0.0759. The highest BCUT2D eigenvalue weighted by molar-refractivity contribution is 5.81. The molecule has 120 valence electrons. The van der Waals surface area contributed by atoms with Crippen LogP contribution in [0.1, 0.15) is 17.3 Å². The third-order valence-corrected chi connectivity index (χ3v) is 3.28.